The van der Waals surface area contributed by atoms with Gasteiger partial charge >= 0.3 is 12.1 Å². The summed E-state index contributed by atoms with van der Waals surface area (Å²) in [5.74, 6) is -1.22. The predicted molar refractivity (Wildman–Crippen MR) is 131 cm³/mol. The van der Waals surface area contributed by atoms with Crippen LogP contribution in [0.4, 0.5) is 17.6 Å². The highest BCUT2D eigenvalue weighted by molar-refractivity contribution is 7.90. The van der Waals surface area contributed by atoms with Gasteiger partial charge in [-0.15, -0.1) is 0 Å². The van der Waals surface area contributed by atoms with E-state index in [1.165, 1.54) is 36.4 Å². The average molecular weight is 534 g/mol. The van der Waals surface area contributed by atoms with Gasteiger partial charge in [-0.2, -0.15) is 13.2 Å². The van der Waals surface area contributed by atoms with E-state index in [1.807, 2.05) is 20.8 Å². The molecule has 5 nitrogen and oxygen atoms in total. The molecule has 37 heavy (non-hydrogen) atoms. The van der Waals surface area contributed by atoms with Crippen molar-refractivity contribution in [3.05, 3.63) is 101 Å². The molecule has 1 atom stereocenters. The number of benzene rings is 3. The maximum atomic E-state index is 15.9. The number of aromatic nitrogens is 1. The van der Waals surface area contributed by atoms with Gasteiger partial charge in [0.1, 0.15) is 0 Å². The fourth-order valence-electron chi connectivity index (χ4n) is 4.03. The molecule has 0 fully saturated rings. The topological polar surface area (TPSA) is 76.4 Å². The molecule has 0 amide bonds. The summed E-state index contributed by atoms with van der Waals surface area (Å²) in [6.07, 6.45) is -6.76. The Labute approximate surface area is 211 Å². The van der Waals surface area contributed by atoms with E-state index in [2.05, 4.69) is 0 Å². The fourth-order valence-corrected chi connectivity index (χ4v) is 5.61. The van der Waals surface area contributed by atoms with Crippen molar-refractivity contribution in [2.75, 3.05) is 0 Å². The largest absolute Gasteiger partial charge is 0.478 e. The number of rotatable bonds is 5. The lowest BCUT2D eigenvalue weighted by Gasteiger charge is -2.21. The van der Waals surface area contributed by atoms with Gasteiger partial charge in [0.05, 0.1) is 27.2 Å². The highest BCUT2D eigenvalue weighted by atomic mass is 32.2. The zero-order valence-electron chi connectivity index (χ0n) is 20.0. The Kier molecular flexibility index (Phi) is 6.44. The first-order valence-corrected chi connectivity index (χ1v) is 12.6. The van der Waals surface area contributed by atoms with Crippen LogP contribution < -0.4 is 0 Å². The molecule has 0 radical (unpaired) electrons. The van der Waals surface area contributed by atoms with Crippen LogP contribution in [0.2, 0.25) is 0 Å². The molecule has 0 saturated heterocycles. The average Bonchev–Trinajstić information content (AvgIpc) is 3.22. The normalized spacial score (nSPS) is 13.6. The number of hydrogen-bond donors (Lipinski definition) is 1. The minimum absolute atomic E-state index is 0.0521. The summed E-state index contributed by atoms with van der Waals surface area (Å²) in [6, 6.07) is 14.5. The van der Waals surface area contributed by atoms with Gasteiger partial charge in [0, 0.05) is 5.39 Å². The van der Waals surface area contributed by atoms with Crippen molar-refractivity contribution in [1.82, 2.24) is 3.97 Å². The summed E-state index contributed by atoms with van der Waals surface area (Å²) in [5, 5.41) is 9.00. The second-order valence-electron chi connectivity index (χ2n) is 9.68. The van der Waals surface area contributed by atoms with E-state index in [-0.39, 0.29) is 26.9 Å². The molecule has 0 bridgehead atoms. The lowest BCUT2D eigenvalue weighted by atomic mass is 9.87. The molecular weight excluding hydrogens is 510 g/mol. The van der Waals surface area contributed by atoms with E-state index in [9.17, 15) is 26.4 Å². The maximum Gasteiger partial charge on any atom is 0.416 e. The first kappa shape index (κ1) is 26.4. The van der Waals surface area contributed by atoms with Gasteiger partial charge in [-0.25, -0.2) is 21.6 Å². The number of aromatic carboxylic acids is 1. The summed E-state index contributed by atoms with van der Waals surface area (Å²) in [5.41, 5.74) is -1.37. The summed E-state index contributed by atoms with van der Waals surface area (Å²) in [7, 11) is -4.46. The molecule has 4 rings (SSSR count). The highest BCUT2D eigenvalue weighted by Crippen LogP contribution is 2.38. The van der Waals surface area contributed by atoms with Crippen molar-refractivity contribution in [1.29, 1.82) is 0 Å². The Morgan fingerprint density at radius 3 is 2.11 bits per heavy atom. The van der Waals surface area contributed by atoms with Gasteiger partial charge in [-0.3, -0.25) is 0 Å². The van der Waals surface area contributed by atoms with Crippen LogP contribution in [0.1, 0.15) is 59.7 Å². The molecule has 1 N–H and O–H groups in total. The zero-order valence-corrected chi connectivity index (χ0v) is 20.9. The molecule has 1 unspecified atom stereocenters. The van der Waals surface area contributed by atoms with Gasteiger partial charge in [0.25, 0.3) is 10.0 Å². The Hall–Kier alpha value is -3.66. The molecule has 1 aromatic heterocycles. The van der Waals surface area contributed by atoms with Crippen LogP contribution in [0.25, 0.3) is 10.9 Å². The SMILES string of the molecule is CC(C)(C)c1cccc(S(=O)(=O)n2c(C(F)c3ccc(C(=O)O)cc3)cc3cc(C(F)(F)F)ccc32)c1. The van der Waals surface area contributed by atoms with E-state index in [4.69, 9.17) is 5.11 Å². The predicted octanol–water partition coefficient (Wildman–Crippen LogP) is 6.95. The molecule has 3 aromatic carbocycles. The number of alkyl halides is 4. The number of hydrogen-bond acceptors (Lipinski definition) is 3. The van der Waals surface area contributed by atoms with Crippen LogP contribution in [0.15, 0.2) is 77.7 Å². The number of carboxylic acid groups (broad SMARTS) is 1. The van der Waals surface area contributed by atoms with Crippen LogP contribution in [0, 0.1) is 0 Å². The van der Waals surface area contributed by atoms with Crippen molar-refractivity contribution in [3.8, 4) is 0 Å². The smallest absolute Gasteiger partial charge is 0.416 e. The second kappa shape index (κ2) is 9.02. The van der Waals surface area contributed by atoms with Crippen molar-refractivity contribution in [2.24, 2.45) is 0 Å². The zero-order chi connectivity index (χ0) is 27.3. The summed E-state index contributed by atoms with van der Waals surface area (Å²) >= 11 is 0. The quantitative estimate of drug-likeness (QED) is 0.282. The molecule has 0 aliphatic rings. The highest BCUT2D eigenvalue weighted by Gasteiger charge is 2.33. The second-order valence-corrected chi connectivity index (χ2v) is 11.5. The van der Waals surface area contributed by atoms with E-state index in [0.717, 1.165) is 28.2 Å². The minimum atomic E-state index is -4.68. The number of carbonyl (C=O) groups is 1. The lowest BCUT2D eigenvalue weighted by Crippen LogP contribution is -2.19. The third-order valence-corrected chi connectivity index (χ3v) is 7.80. The molecular formula is C27H23F4NO4S. The first-order chi connectivity index (χ1) is 17.1. The third kappa shape index (κ3) is 4.98. The molecule has 0 spiro atoms. The minimum Gasteiger partial charge on any atom is -0.478 e. The van der Waals surface area contributed by atoms with Crippen molar-refractivity contribution < 1.29 is 35.9 Å². The number of carboxylic acids is 1. The van der Waals surface area contributed by atoms with Crippen LogP contribution in [-0.2, 0) is 21.6 Å². The van der Waals surface area contributed by atoms with Crippen molar-refractivity contribution in [2.45, 2.75) is 43.4 Å². The van der Waals surface area contributed by atoms with Gasteiger partial charge in [-0.05, 0) is 65.1 Å². The molecule has 10 heteroatoms. The number of halogens is 4. The van der Waals surface area contributed by atoms with E-state index in [0.29, 0.717) is 5.56 Å². The van der Waals surface area contributed by atoms with Gasteiger partial charge in [0.2, 0.25) is 0 Å². The van der Waals surface area contributed by atoms with Crippen molar-refractivity contribution >= 4 is 26.9 Å². The number of nitrogens with zero attached hydrogens (tertiary/aromatic N) is 1. The van der Waals surface area contributed by atoms with Crippen molar-refractivity contribution in [3.63, 3.8) is 0 Å². The van der Waals surface area contributed by atoms with Gasteiger partial charge in [-0.1, -0.05) is 45.0 Å². The Bertz CT molecular complexity index is 1600. The Balaban J connectivity index is 1.97. The monoisotopic (exact) mass is 533 g/mol. The molecule has 0 aliphatic carbocycles. The standard InChI is InChI=1S/C27H23F4NO4S/c1-26(2,3)19-5-4-6-21(15-19)37(35,36)32-22-12-11-20(27(29,30)31)13-18(22)14-23(32)24(28)16-7-9-17(10-8-16)25(33)34/h4-15,24H,1-3H3,(H,33,34). The molecule has 1 heterocycles. The van der Waals surface area contributed by atoms with Crippen LogP contribution >= 0.6 is 0 Å². The third-order valence-electron chi connectivity index (χ3n) is 6.06. The maximum absolute atomic E-state index is 15.9. The summed E-state index contributed by atoms with van der Waals surface area (Å²) < 4.78 is 84.4. The van der Waals surface area contributed by atoms with Gasteiger partial charge in [0.15, 0.2) is 6.17 Å². The Morgan fingerprint density at radius 2 is 1.54 bits per heavy atom. The Morgan fingerprint density at radius 1 is 0.892 bits per heavy atom. The molecule has 0 saturated carbocycles. The van der Waals surface area contributed by atoms with Crippen LogP contribution in [0.5, 0.6) is 0 Å². The molecule has 4 aromatic rings. The van der Waals surface area contributed by atoms with Gasteiger partial charge < -0.3 is 5.11 Å². The fraction of sp³-hybridized carbons (Fsp3) is 0.222. The van der Waals surface area contributed by atoms with E-state index >= 15 is 4.39 Å². The molecule has 194 valence electrons. The van der Waals surface area contributed by atoms with E-state index < -0.39 is 45.0 Å². The van der Waals surface area contributed by atoms with Crippen LogP contribution in [-0.4, -0.2) is 23.5 Å². The molecule has 0 aliphatic heterocycles. The lowest BCUT2D eigenvalue weighted by molar-refractivity contribution is -0.137. The van der Waals surface area contributed by atoms with Crippen LogP contribution in [0.3, 0.4) is 0 Å². The van der Waals surface area contributed by atoms with E-state index in [1.54, 1.807) is 12.1 Å². The number of fused-ring (bicyclic) bond motifs is 1. The first-order valence-electron chi connectivity index (χ1n) is 11.2. The summed E-state index contributed by atoms with van der Waals surface area (Å²) in [4.78, 5) is 11.0. The summed E-state index contributed by atoms with van der Waals surface area (Å²) in [6.45, 7) is 5.69.